The molecular formula is C13H29N3O. The zero-order valence-corrected chi connectivity index (χ0v) is 11.7. The summed E-state index contributed by atoms with van der Waals surface area (Å²) in [6.07, 6.45) is 1.25. The van der Waals surface area contributed by atoms with Gasteiger partial charge in [0.25, 0.3) is 0 Å². The summed E-state index contributed by atoms with van der Waals surface area (Å²) in [6.45, 7) is 11.1. The zero-order valence-electron chi connectivity index (χ0n) is 11.7. The van der Waals surface area contributed by atoms with Gasteiger partial charge < -0.3 is 15.3 Å². The molecule has 1 heterocycles. The van der Waals surface area contributed by atoms with Crippen LogP contribution < -0.4 is 5.32 Å². The predicted molar refractivity (Wildman–Crippen MR) is 72.3 cm³/mol. The molecule has 1 saturated heterocycles. The highest BCUT2D eigenvalue weighted by Crippen LogP contribution is 2.19. The van der Waals surface area contributed by atoms with Gasteiger partial charge in [-0.15, -0.1) is 0 Å². The molecule has 0 spiro atoms. The molecule has 102 valence electrons. The number of rotatable bonds is 7. The van der Waals surface area contributed by atoms with Crippen LogP contribution in [0.2, 0.25) is 0 Å². The number of nitrogens with zero attached hydrogens (tertiary/aromatic N) is 2. The lowest BCUT2D eigenvalue weighted by Crippen LogP contribution is -2.53. The zero-order chi connectivity index (χ0) is 12.7. The van der Waals surface area contributed by atoms with Crippen LogP contribution >= 0.6 is 0 Å². The third-order valence-corrected chi connectivity index (χ3v) is 3.90. The number of hydrogen-bond donors (Lipinski definition) is 2. The molecule has 0 radical (unpaired) electrons. The van der Waals surface area contributed by atoms with Crippen molar-refractivity contribution in [3.05, 3.63) is 0 Å². The lowest BCUT2D eigenvalue weighted by molar-refractivity contribution is 0.0949. The van der Waals surface area contributed by atoms with E-state index in [1.54, 1.807) is 0 Å². The molecule has 0 aromatic carbocycles. The molecule has 2 atom stereocenters. The van der Waals surface area contributed by atoms with Gasteiger partial charge in [0, 0.05) is 25.7 Å². The number of nitrogens with one attached hydrogen (secondary N) is 1. The molecule has 0 saturated carbocycles. The molecule has 4 heteroatoms. The number of likely N-dealkylation sites (N-methyl/N-ethyl adjacent to an activating group) is 2. The molecule has 2 N–H and O–H groups in total. The summed E-state index contributed by atoms with van der Waals surface area (Å²) < 4.78 is 0. The van der Waals surface area contributed by atoms with Crippen LogP contribution in [0.3, 0.4) is 0 Å². The number of aliphatic hydroxyl groups is 1. The summed E-state index contributed by atoms with van der Waals surface area (Å²) in [5, 5.41) is 12.5. The SMILES string of the molecule is CCN(CC)C1CNCCC1CN(C)CCO. The van der Waals surface area contributed by atoms with Crippen molar-refractivity contribution < 1.29 is 5.11 Å². The van der Waals surface area contributed by atoms with Gasteiger partial charge in [0.15, 0.2) is 0 Å². The molecule has 0 bridgehead atoms. The smallest absolute Gasteiger partial charge is 0.0558 e. The molecule has 0 amide bonds. The van der Waals surface area contributed by atoms with E-state index >= 15 is 0 Å². The molecule has 0 aromatic heterocycles. The normalized spacial score (nSPS) is 25.8. The molecule has 1 aliphatic heterocycles. The highest BCUT2D eigenvalue weighted by Gasteiger charge is 2.29. The van der Waals surface area contributed by atoms with E-state index in [4.69, 9.17) is 5.11 Å². The van der Waals surface area contributed by atoms with Crippen LogP contribution in [-0.2, 0) is 0 Å². The summed E-state index contributed by atoms with van der Waals surface area (Å²) in [6, 6.07) is 0.653. The predicted octanol–water partition coefficient (Wildman–Crippen LogP) is 0.230. The highest BCUT2D eigenvalue weighted by atomic mass is 16.3. The van der Waals surface area contributed by atoms with Crippen molar-refractivity contribution in [1.29, 1.82) is 0 Å². The maximum absolute atomic E-state index is 8.97. The monoisotopic (exact) mass is 243 g/mol. The lowest BCUT2D eigenvalue weighted by Gasteiger charge is -2.41. The van der Waals surface area contributed by atoms with Gasteiger partial charge in [-0.25, -0.2) is 0 Å². The second-order valence-electron chi connectivity index (χ2n) is 5.03. The van der Waals surface area contributed by atoms with Gasteiger partial charge in [-0.3, -0.25) is 4.90 Å². The third-order valence-electron chi connectivity index (χ3n) is 3.90. The Balaban J connectivity index is 2.52. The summed E-state index contributed by atoms with van der Waals surface area (Å²) in [7, 11) is 2.11. The molecule has 0 aromatic rings. The van der Waals surface area contributed by atoms with Crippen LogP contribution in [0.15, 0.2) is 0 Å². The van der Waals surface area contributed by atoms with Crippen LogP contribution in [0.4, 0.5) is 0 Å². The third kappa shape index (κ3) is 4.54. The minimum Gasteiger partial charge on any atom is -0.395 e. The van der Waals surface area contributed by atoms with Crippen molar-refractivity contribution >= 4 is 0 Å². The van der Waals surface area contributed by atoms with Crippen molar-refractivity contribution in [3.63, 3.8) is 0 Å². The fourth-order valence-corrected chi connectivity index (χ4v) is 2.89. The Morgan fingerprint density at radius 2 is 2.00 bits per heavy atom. The molecule has 17 heavy (non-hydrogen) atoms. The topological polar surface area (TPSA) is 38.7 Å². The van der Waals surface area contributed by atoms with Gasteiger partial charge in [0.2, 0.25) is 0 Å². The first-order valence-electron chi connectivity index (χ1n) is 6.97. The van der Waals surface area contributed by atoms with Crippen molar-refractivity contribution in [2.75, 3.05) is 52.9 Å². The first-order valence-corrected chi connectivity index (χ1v) is 6.97. The van der Waals surface area contributed by atoms with Crippen molar-refractivity contribution in [1.82, 2.24) is 15.1 Å². The average Bonchev–Trinajstić information content (AvgIpc) is 2.33. The summed E-state index contributed by atoms with van der Waals surface area (Å²) in [4.78, 5) is 4.82. The van der Waals surface area contributed by atoms with Gasteiger partial charge in [-0.2, -0.15) is 0 Å². The van der Waals surface area contributed by atoms with E-state index in [0.29, 0.717) is 6.04 Å². The molecule has 4 nitrogen and oxygen atoms in total. The lowest BCUT2D eigenvalue weighted by atomic mass is 9.90. The van der Waals surface area contributed by atoms with Crippen LogP contribution in [0.5, 0.6) is 0 Å². The number of piperidine rings is 1. The van der Waals surface area contributed by atoms with E-state index in [1.807, 2.05) is 0 Å². The van der Waals surface area contributed by atoms with Crippen LogP contribution in [0.1, 0.15) is 20.3 Å². The van der Waals surface area contributed by atoms with E-state index in [2.05, 4.69) is 36.0 Å². The van der Waals surface area contributed by atoms with Crippen molar-refractivity contribution in [3.8, 4) is 0 Å². The van der Waals surface area contributed by atoms with Gasteiger partial charge in [-0.05, 0) is 39.0 Å². The number of aliphatic hydroxyl groups excluding tert-OH is 1. The minimum absolute atomic E-state index is 0.261. The molecule has 0 aliphatic carbocycles. The summed E-state index contributed by atoms with van der Waals surface area (Å²) in [5.74, 6) is 0.729. The second kappa shape index (κ2) is 8.03. The maximum Gasteiger partial charge on any atom is 0.0558 e. The van der Waals surface area contributed by atoms with Gasteiger partial charge in [0.1, 0.15) is 0 Å². The molecule has 1 aliphatic rings. The van der Waals surface area contributed by atoms with Crippen molar-refractivity contribution in [2.24, 2.45) is 5.92 Å². The van der Waals surface area contributed by atoms with E-state index in [9.17, 15) is 0 Å². The maximum atomic E-state index is 8.97. The largest absolute Gasteiger partial charge is 0.395 e. The van der Waals surface area contributed by atoms with Crippen LogP contribution in [0.25, 0.3) is 0 Å². The van der Waals surface area contributed by atoms with E-state index in [-0.39, 0.29) is 6.61 Å². The standard InChI is InChI=1S/C13H29N3O/c1-4-16(5-2)13-10-14-7-6-12(13)11-15(3)8-9-17/h12-14,17H,4-11H2,1-3H3. The summed E-state index contributed by atoms with van der Waals surface area (Å²) >= 11 is 0. The fraction of sp³-hybridized carbons (Fsp3) is 1.00. The average molecular weight is 243 g/mol. The van der Waals surface area contributed by atoms with Gasteiger partial charge >= 0.3 is 0 Å². The molecule has 1 rings (SSSR count). The van der Waals surface area contributed by atoms with Gasteiger partial charge in [-0.1, -0.05) is 13.8 Å². The molecule has 2 unspecified atom stereocenters. The Bertz CT molecular complexity index is 197. The Kier molecular flexibility index (Phi) is 7.04. The second-order valence-corrected chi connectivity index (χ2v) is 5.03. The Morgan fingerprint density at radius 3 is 2.59 bits per heavy atom. The van der Waals surface area contributed by atoms with Crippen molar-refractivity contribution in [2.45, 2.75) is 26.3 Å². The highest BCUT2D eigenvalue weighted by molar-refractivity contribution is 4.86. The Morgan fingerprint density at radius 1 is 1.29 bits per heavy atom. The fourth-order valence-electron chi connectivity index (χ4n) is 2.89. The Labute approximate surface area is 106 Å². The first kappa shape index (κ1) is 14.9. The minimum atomic E-state index is 0.261. The van der Waals surface area contributed by atoms with Gasteiger partial charge in [0.05, 0.1) is 6.61 Å². The Hall–Kier alpha value is -0.160. The number of hydrogen-bond acceptors (Lipinski definition) is 4. The molecule has 1 fully saturated rings. The van der Waals surface area contributed by atoms with Crippen LogP contribution in [0, 0.1) is 5.92 Å². The van der Waals surface area contributed by atoms with Crippen LogP contribution in [-0.4, -0.2) is 73.9 Å². The summed E-state index contributed by atoms with van der Waals surface area (Å²) in [5.41, 5.74) is 0. The van der Waals surface area contributed by atoms with E-state index < -0.39 is 0 Å². The quantitative estimate of drug-likeness (QED) is 0.671. The first-order chi connectivity index (χ1) is 8.22. The van der Waals surface area contributed by atoms with E-state index in [0.717, 1.165) is 45.2 Å². The molecular weight excluding hydrogens is 214 g/mol. The van der Waals surface area contributed by atoms with E-state index in [1.165, 1.54) is 6.42 Å².